The average Bonchev–Trinajstić information content (AvgIpc) is 3.23. The van der Waals surface area contributed by atoms with E-state index >= 15 is 0 Å². The van der Waals surface area contributed by atoms with E-state index in [-0.39, 0.29) is 5.91 Å². The van der Waals surface area contributed by atoms with Crippen molar-refractivity contribution in [1.82, 2.24) is 9.78 Å². The summed E-state index contributed by atoms with van der Waals surface area (Å²) in [5.74, 6) is 0.276. The van der Waals surface area contributed by atoms with Crippen molar-refractivity contribution in [3.8, 4) is 0 Å². The third-order valence-corrected chi connectivity index (χ3v) is 5.06. The van der Waals surface area contributed by atoms with E-state index in [9.17, 15) is 4.79 Å². The quantitative estimate of drug-likeness (QED) is 0.728. The van der Waals surface area contributed by atoms with Gasteiger partial charge < -0.3 is 10.2 Å². The number of anilines is 2. The normalized spacial score (nSPS) is 14.5. The summed E-state index contributed by atoms with van der Waals surface area (Å²) < 4.78 is 1.79. The number of benzene rings is 1. The van der Waals surface area contributed by atoms with E-state index in [1.54, 1.807) is 10.8 Å². The molecule has 6 heteroatoms. The van der Waals surface area contributed by atoms with Gasteiger partial charge in [-0.25, -0.2) is 0 Å². The number of carbonyl (C=O) groups excluding carboxylic acids is 1. The van der Waals surface area contributed by atoms with Crippen LogP contribution >= 0.6 is 11.6 Å². The topological polar surface area (TPSA) is 50.2 Å². The lowest BCUT2D eigenvalue weighted by molar-refractivity contribution is -0.111. The summed E-state index contributed by atoms with van der Waals surface area (Å²) in [6.45, 7) is 8.97. The van der Waals surface area contributed by atoms with Gasteiger partial charge in [0.25, 0.3) is 0 Å². The summed E-state index contributed by atoms with van der Waals surface area (Å²) in [5.41, 5.74) is 3.53. The largest absolute Gasteiger partial charge is 0.370 e. The van der Waals surface area contributed by atoms with Gasteiger partial charge >= 0.3 is 0 Å². The van der Waals surface area contributed by atoms with E-state index in [0.29, 0.717) is 11.1 Å². The van der Waals surface area contributed by atoms with Crippen molar-refractivity contribution in [3.05, 3.63) is 46.8 Å². The molecule has 0 radical (unpaired) electrons. The summed E-state index contributed by atoms with van der Waals surface area (Å²) >= 11 is 6.44. The number of para-hydroxylation sites is 2. The van der Waals surface area contributed by atoms with Gasteiger partial charge in [0.2, 0.25) is 5.91 Å². The van der Waals surface area contributed by atoms with Gasteiger partial charge in [-0.3, -0.25) is 9.48 Å². The molecular weight excluding hydrogens is 360 g/mol. The molecule has 0 atom stereocenters. The van der Waals surface area contributed by atoms with Gasteiger partial charge in [0, 0.05) is 31.3 Å². The van der Waals surface area contributed by atoms with E-state index in [4.69, 9.17) is 11.6 Å². The van der Waals surface area contributed by atoms with E-state index in [2.05, 4.69) is 35.2 Å². The maximum Gasteiger partial charge on any atom is 0.248 e. The Balaban J connectivity index is 1.73. The van der Waals surface area contributed by atoms with E-state index < -0.39 is 0 Å². The second-order valence-corrected chi connectivity index (χ2v) is 7.76. The molecule has 144 valence electrons. The lowest BCUT2D eigenvalue weighted by Crippen LogP contribution is -2.20. The smallest absolute Gasteiger partial charge is 0.248 e. The Bertz CT molecular complexity index is 835. The second kappa shape index (κ2) is 8.61. The van der Waals surface area contributed by atoms with Crippen LogP contribution in [0.3, 0.4) is 0 Å². The van der Waals surface area contributed by atoms with Crippen LogP contribution in [0.25, 0.3) is 6.08 Å². The van der Waals surface area contributed by atoms with Gasteiger partial charge in [0.05, 0.1) is 17.1 Å². The van der Waals surface area contributed by atoms with Crippen molar-refractivity contribution < 1.29 is 4.79 Å². The molecule has 5 nitrogen and oxygen atoms in total. The zero-order valence-corrected chi connectivity index (χ0v) is 17.0. The van der Waals surface area contributed by atoms with Gasteiger partial charge in [0.1, 0.15) is 5.15 Å². The Kier molecular flexibility index (Phi) is 6.22. The molecule has 0 spiro atoms. The number of amides is 1. The minimum atomic E-state index is -0.172. The number of aryl methyl sites for hydroxylation is 1. The SMILES string of the molecule is Cc1nn(CC(C)C)c(Cl)c1/C=C/C(=O)Nc1ccccc1N1CCCC1. The molecule has 1 N–H and O–H groups in total. The van der Waals surface area contributed by atoms with Gasteiger partial charge in [-0.05, 0) is 43.9 Å². The van der Waals surface area contributed by atoms with Gasteiger partial charge in [-0.1, -0.05) is 37.6 Å². The fourth-order valence-electron chi connectivity index (χ4n) is 3.37. The maximum atomic E-state index is 12.5. The Hall–Kier alpha value is -2.27. The summed E-state index contributed by atoms with van der Waals surface area (Å²) in [6, 6.07) is 7.95. The van der Waals surface area contributed by atoms with Crippen molar-refractivity contribution in [2.24, 2.45) is 5.92 Å². The summed E-state index contributed by atoms with van der Waals surface area (Å²) in [4.78, 5) is 14.8. The molecule has 0 unspecified atom stereocenters. The minimum absolute atomic E-state index is 0.172. The molecule has 1 aliphatic rings. The Morgan fingerprint density at radius 2 is 2.00 bits per heavy atom. The van der Waals surface area contributed by atoms with Crippen molar-refractivity contribution in [3.63, 3.8) is 0 Å². The number of hydrogen-bond donors (Lipinski definition) is 1. The minimum Gasteiger partial charge on any atom is -0.370 e. The first-order valence-corrected chi connectivity index (χ1v) is 9.89. The fraction of sp³-hybridized carbons (Fsp3) is 0.429. The predicted octanol–water partition coefficient (Wildman–Crippen LogP) is 4.75. The molecule has 3 rings (SSSR count). The summed E-state index contributed by atoms with van der Waals surface area (Å²) in [5, 5.41) is 8.04. The highest BCUT2D eigenvalue weighted by Gasteiger charge is 2.16. The molecule has 1 aromatic carbocycles. The third-order valence-electron chi connectivity index (χ3n) is 4.66. The first-order valence-electron chi connectivity index (χ1n) is 9.51. The number of carbonyl (C=O) groups is 1. The standard InChI is InChI=1S/C21H27ClN4O/c1-15(2)14-26-21(22)17(16(3)24-26)10-11-20(27)23-18-8-4-5-9-19(18)25-12-6-7-13-25/h4-5,8-11,15H,6-7,12-14H2,1-3H3,(H,23,27)/b11-10+. The highest BCUT2D eigenvalue weighted by Crippen LogP contribution is 2.29. The van der Waals surface area contributed by atoms with Crippen LogP contribution < -0.4 is 10.2 Å². The summed E-state index contributed by atoms with van der Waals surface area (Å²) in [7, 11) is 0. The number of rotatable bonds is 6. The number of hydrogen-bond acceptors (Lipinski definition) is 3. The molecule has 1 saturated heterocycles. The van der Waals surface area contributed by atoms with Crippen LogP contribution in [0.5, 0.6) is 0 Å². The zero-order chi connectivity index (χ0) is 19.4. The monoisotopic (exact) mass is 386 g/mol. The van der Waals surface area contributed by atoms with Crippen molar-refractivity contribution in [2.45, 2.75) is 40.2 Å². The third kappa shape index (κ3) is 4.72. The highest BCUT2D eigenvalue weighted by molar-refractivity contribution is 6.31. The first kappa shape index (κ1) is 19.5. The zero-order valence-electron chi connectivity index (χ0n) is 16.2. The molecule has 27 heavy (non-hydrogen) atoms. The highest BCUT2D eigenvalue weighted by atomic mass is 35.5. The second-order valence-electron chi connectivity index (χ2n) is 7.40. The van der Waals surface area contributed by atoms with Crippen LogP contribution in [0.15, 0.2) is 30.3 Å². The van der Waals surface area contributed by atoms with Crippen LogP contribution in [-0.4, -0.2) is 28.8 Å². The van der Waals surface area contributed by atoms with Crippen molar-refractivity contribution in [1.29, 1.82) is 0 Å². The van der Waals surface area contributed by atoms with Crippen LogP contribution in [0.4, 0.5) is 11.4 Å². The van der Waals surface area contributed by atoms with Crippen molar-refractivity contribution in [2.75, 3.05) is 23.3 Å². The number of halogens is 1. The molecule has 1 aromatic heterocycles. The molecule has 1 amide bonds. The number of aromatic nitrogens is 2. The van der Waals surface area contributed by atoms with E-state index in [1.165, 1.54) is 18.9 Å². The molecule has 2 heterocycles. The molecule has 2 aromatic rings. The molecular formula is C21H27ClN4O. The van der Waals surface area contributed by atoms with Gasteiger partial charge in [-0.2, -0.15) is 5.10 Å². The number of nitrogens with zero attached hydrogens (tertiary/aromatic N) is 3. The molecule has 0 aliphatic carbocycles. The van der Waals surface area contributed by atoms with Gasteiger partial charge in [-0.15, -0.1) is 0 Å². The van der Waals surface area contributed by atoms with Crippen LogP contribution in [0.2, 0.25) is 5.15 Å². The predicted molar refractivity (Wildman–Crippen MR) is 112 cm³/mol. The Morgan fingerprint density at radius 3 is 2.70 bits per heavy atom. The van der Waals surface area contributed by atoms with Crippen LogP contribution in [0, 0.1) is 12.8 Å². The fourth-order valence-corrected chi connectivity index (χ4v) is 3.68. The molecule has 0 bridgehead atoms. The van der Waals surface area contributed by atoms with E-state index in [1.807, 2.05) is 25.1 Å². The Labute approximate surface area is 166 Å². The first-order chi connectivity index (χ1) is 13.0. The maximum absolute atomic E-state index is 12.5. The van der Waals surface area contributed by atoms with Crippen molar-refractivity contribution >= 4 is 35.0 Å². The van der Waals surface area contributed by atoms with Gasteiger partial charge in [0.15, 0.2) is 0 Å². The van der Waals surface area contributed by atoms with Crippen LogP contribution in [-0.2, 0) is 11.3 Å². The lowest BCUT2D eigenvalue weighted by atomic mass is 10.2. The summed E-state index contributed by atoms with van der Waals surface area (Å²) in [6.07, 6.45) is 5.66. The average molecular weight is 387 g/mol. The number of nitrogens with one attached hydrogen (secondary N) is 1. The van der Waals surface area contributed by atoms with Crippen LogP contribution in [0.1, 0.15) is 37.9 Å². The van der Waals surface area contributed by atoms with E-state index in [0.717, 1.165) is 42.3 Å². The lowest BCUT2D eigenvalue weighted by Gasteiger charge is -2.21. The molecule has 1 aliphatic heterocycles. The molecule has 0 saturated carbocycles. The molecule has 1 fully saturated rings. The Morgan fingerprint density at radius 1 is 1.30 bits per heavy atom.